The van der Waals surface area contributed by atoms with Gasteiger partial charge < -0.3 is 10.6 Å². The van der Waals surface area contributed by atoms with E-state index in [1.54, 1.807) is 0 Å². The average Bonchev–Trinajstić information content (AvgIpc) is 3.02. The number of hydrogen-bond donors (Lipinski definition) is 1. The number of allylic oxidation sites excluding steroid dienone is 4. The summed E-state index contributed by atoms with van der Waals surface area (Å²) in [5.41, 5.74) is 5.30. The molecular formula is C40H76N2O2. The largest absolute Gasteiger partial charge is 0.370 e. The van der Waals surface area contributed by atoms with E-state index in [1.807, 2.05) is 4.90 Å². The smallest absolute Gasteiger partial charge is 0.223 e. The predicted molar refractivity (Wildman–Crippen MR) is 194 cm³/mol. The lowest BCUT2D eigenvalue weighted by Crippen LogP contribution is -2.33. The Hall–Kier alpha value is -1.58. The minimum atomic E-state index is -0.382. The molecule has 0 bridgehead atoms. The lowest BCUT2D eigenvalue weighted by molar-refractivity contribution is -0.133. The fourth-order valence-electron chi connectivity index (χ4n) is 5.85. The highest BCUT2D eigenvalue weighted by Crippen LogP contribution is 2.13. The number of hydrogen-bond acceptors (Lipinski definition) is 2. The van der Waals surface area contributed by atoms with E-state index in [0.29, 0.717) is 0 Å². The van der Waals surface area contributed by atoms with Crippen LogP contribution < -0.4 is 5.73 Å². The molecular weight excluding hydrogens is 540 g/mol. The van der Waals surface area contributed by atoms with E-state index in [4.69, 9.17) is 5.73 Å². The molecule has 0 aromatic rings. The number of carbonyl (C=O) groups excluding carboxylic acids is 2. The van der Waals surface area contributed by atoms with Crippen LogP contribution in [0, 0.1) is 0 Å². The molecule has 0 radical (unpaired) electrons. The SMILES string of the molecule is CCCCCCCCC=CCCCCCCCCN(CCCCCCCCC=CCCCCCCCC)C(=O)CCC(N)=O. The maximum absolute atomic E-state index is 12.7. The molecule has 0 saturated carbocycles. The Morgan fingerprint density at radius 1 is 0.432 bits per heavy atom. The van der Waals surface area contributed by atoms with Crippen LogP contribution in [0.2, 0.25) is 0 Å². The van der Waals surface area contributed by atoms with Crippen LogP contribution in [0.15, 0.2) is 24.3 Å². The van der Waals surface area contributed by atoms with Gasteiger partial charge in [0.15, 0.2) is 0 Å². The Morgan fingerprint density at radius 3 is 1.05 bits per heavy atom. The molecule has 0 aliphatic heterocycles. The first-order chi connectivity index (χ1) is 21.6. The standard InChI is InChI=1S/C40H76N2O2/c1-3-5-7-9-11-13-15-17-19-21-23-25-27-29-31-33-37-42(40(44)36-35-39(41)43)38-34-32-30-28-26-24-22-20-18-16-14-12-10-8-6-4-2/h17-20H,3-16,21-38H2,1-2H3,(H2,41,43). The highest BCUT2D eigenvalue weighted by atomic mass is 16.2. The Morgan fingerprint density at radius 2 is 0.727 bits per heavy atom. The lowest BCUT2D eigenvalue weighted by Gasteiger charge is -2.23. The van der Waals surface area contributed by atoms with Crippen LogP contribution in [-0.2, 0) is 9.59 Å². The molecule has 258 valence electrons. The van der Waals surface area contributed by atoms with Crippen molar-refractivity contribution in [2.24, 2.45) is 5.73 Å². The quantitative estimate of drug-likeness (QED) is 0.0568. The average molecular weight is 617 g/mol. The van der Waals surface area contributed by atoms with E-state index in [1.165, 1.54) is 167 Å². The lowest BCUT2D eigenvalue weighted by atomic mass is 10.1. The topological polar surface area (TPSA) is 63.4 Å². The van der Waals surface area contributed by atoms with Crippen molar-refractivity contribution >= 4 is 11.8 Å². The normalized spacial score (nSPS) is 11.7. The van der Waals surface area contributed by atoms with Gasteiger partial charge in [-0.25, -0.2) is 0 Å². The minimum absolute atomic E-state index is 0.101. The van der Waals surface area contributed by atoms with E-state index < -0.39 is 0 Å². The number of nitrogens with zero attached hydrogens (tertiary/aromatic N) is 1. The van der Waals surface area contributed by atoms with Crippen molar-refractivity contribution in [3.8, 4) is 0 Å². The second-order valence-electron chi connectivity index (χ2n) is 13.2. The number of carbonyl (C=O) groups is 2. The zero-order valence-corrected chi connectivity index (χ0v) is 29.8. The number of primary amides is 1. The fraction of sp³-hybridized carbons (Fsp3) is 0.850. The predicted octanol–water partition coefficient (Wildman–Crippen LogP) is 12.2. The van der Waals surface area contributed by atoms with Crippen molar-refractivity contribution in [1.29, 1.82) is 0 Å². The molecule has 4 heteroatoms. The summed E-state index contributed by atoms with van der Waals surface area (Å²) in [6.45, 7) is 6.20. The van der Waals surface area contributed by atoms with Crippen LogP contribution in [0.1, 0.15) is 206 Å². The van der Waals surface area contributed by atoms with Crippen LogP contribution in [0.25, 0.3) is 0 Å². The summed E-state index contributed by atoms with van der Waals surface area (Å²) in [5.74, 6) is -0.280. The van der Waals surface area contributed by atoms with Crippen LogP contribution in [0.3, 0.4) is 0 Å². The van der Waals surface area contributed by atoms with Crippen LogP contribution >= 0.6 is 0 Å². The highest BCUT2D eigenvalue weighted by Gasteiger charge is 2.13. The Balaban J connectivity index is 3.85. The summed E-state index contributed by atoms with van der Waals surface area (Å²) in [6.07, 6.45) is 46.2. The molecule has 2 N–H and O–H groups in total. The summed E-state index contributed by atoms with van der Waals surface area (Å²) in [5, 5.41) is 0. The molecule has 0 spiro atoms. The third-order valence-corrected chi connectivity index (χ3v) is 8.82. The van der Waals surface area contributed by atoms with Gasteiger partial charge in [0.1, 0.15) is 0 Å². The first-order valence-corrected chi connectivity index (χ1v) is 19.5. The van der Waals surface area contributed by atoms with Gasteiger partial charge >= 0.3 is 0 Å². The molecule has 4 nitrogen and oxygen atoms in total. The molecule has 2 amide bonds. The van der Waals surface area contributed by atoms with Gasteiger partial charge in [-0.1, -0.05) is 154 Å². The molecule has 0 aromatic heterocycles. The van der Waals surface area contributed by atoms with Crippen molar-refractivity contribution < 1.29 is 9.59 Å². The van der Waals surface area contributed by atoms with E-state index in [0.717, 1.165) is 25.9 Å². The molecule has 0 atom stereocenters. The van der Waals surface area contributed by atoms with Crippen LogP contribution in [-0.4, -0.2) is 29.8 Å². The summed E-state index contributed by atoms with van der Waals surface area (Å²) >= 11 is 0. The van der Waals surface area contributed by atoms with Gasteiger partial charge in [0, 0.05) is 25.9 Å². The summed E-state index contributed by atoms with van der Waals surface area (Å²) in [6, 6.07) is 0. The molecule has 0 fully saturated rings. The number of amides is 2. The van der Waals surface area contributed by atoms with Crippen molar-refractivity contribution in [2.45, 2.75) is 206 Å². The first-order valence-electron chi connectivity index (χ1n) is 19.5. The second-order valence-corrected chi connectivity index (χ2v) is 13.2. The maximum Gasteiger partial charge on any atom is 0.223 e. The Labute approximate surface area is 275 Å². The number of unbranched alkanes of at least 4 members (excludes halogenated alkanes) is 24. The van der Waals surface area contributed by atoms with E-state index >= 15 is 0 Å². The molecule has 0 unspecified atom stereocenters. The second kappa shape index (κ2) is 35.9. The minimum Gasteiger partial charge on any atom is -0.370 e. The first kappa shape index (κ1) is 42.4. The van der Waals surface area contributed by atoms with Gasteiger partial charge in [-0.05, 0) is 64.2 Å². The van der Waals surface area contributed by atoms with Crippen molar-refractivity contribution in [3.05, 3.63) is 24.3 Å². The van der Waals surface area contributed by atoms with Crippen molar-refractivity contribution in [2.75, 3.05) is 13.1 Å². The van der Waals surface area contributed by atoms with Crippen LogP contribution in [0.4, 0.5) is 0 Å². The van der Waals surface area contributed by atoms with Gasteiger partial charge in [-0.3, -0.25) is 9.59 Å². The molecule has 0 heterocycles. The number of rotatable bonds is 35. The zero-order valence-electron chi connectivity index (χ0n) is 29.8. The van der Waals surface area contributed by atoms with Gasteiger partial charge in [0.05, 0.1) is 0 Å². The van der Waals surface area contributed by atoms with Gasteiger partial charge in [-0.2, -0.15) is 0 Å². The highest BCUT2D eigenvalue weighted by molar-refractivity contribution is 5.82. The third-order valence-electron chi connectivity index (χ3n) is 8.82. The Bertz CT molecular complexity index is 630. The zero-order chi connectivity index (χ0) is 32.2. The van der Waals surface area contributed by atoms with Crippen molar-refractivity contribution in [3.63, 3.8) is 0 Å². The maximum atomic E-state index is 12.7. The molecule has 0 aliphatic rings. The third kappa shape index (κ3) is 33.3. The van der Waals surface area contributed by atoms with E-state index in [9.17, 15) is 9.59 Å². The van der Waals surface area contributed by atoms with Gasteiger partial charge in [-0.15, -0.1) is 0 Å². The monoisotopic (exact) mass is 617 g/mol. The molecule has 0 saturated heterocycles. The number of nitrogens with two attached hydrogens (primary N) is 1. The molecule has 0 aromatic carbocycles. The summed E-state index contributed by atoms with van der Waals surface area (Å²) < 4.78 is 0. The molecule has 44 heavy (non-hydrogen) atoms. The van der Waals surface area contributed by atoms with E-state index in [-0.39, 0.29) is 24.7 Å². The Kier molecular flexibility index (Phi) is 34.6. The summed E-state index contributed by atoms with van der Waals surface area (Å²) in [4.78, 5) is 25.9. The van der Waals surface area contributed by atoms with Gasteiger partial charge in [0.2, 0.25) is 11.8 Å². The molecule has 0 aliphatic carbocycles. The van der Waals surface area contributed by atoms with Crippen molar-refractivity contribution in [1.82, 2.24) is 4.90 Å². The van der Waals surface area contributed by atoms with Crippen LogP contribution in [0.5, 0.6) is 0 Å². The molecule has 0 rings (SSSR count). The van der Waals surface area contributed by atoms with E-state index in [2.05, 4.69) is 38.2 Å². The fourth-order valence-corrected chi connectivity index (χ4v) is 5.85. The summed E-state index contributed by atoms with van der Waals surface area (Å²) in [7, 11) is 0. The van der Waals surface area contributed by atoms with Gasteiger partial charge in [0.25, 0.3) is 0 Å².